The zero-order valence-electron chi connectivity index (χ0n) is 17.5. The van der Waals surface area contributed by atoms with Crippen LogP contribution in [-0.4, -0.2) is 24.6 Å². The van der Waals surface area contributed by atoms with Gasteiger partial charge in [-0.05, 0) is 42.5 Å². The summed E-state index contributed by atoms with van der Waals surface area (Å²) in [5, 5.41) is 4.63. The number of fused-ring (bicyclic) bond motifs is 1. The predicted molar refractivity (Wildman–Crippen MR) is 125 cm³/mol. The van der Waals surface area contributed by atoms with Crippen molar-refractivity contribution < 1.29 is 0 Å². The topological polar surface area (TPSA) is 82.0 Å². The second-order valence-electron chi connectivity index (χ2n) is 8.35. The van der Waals surface area contributed by atoms with E-state index >= 15 is 0 Å². The van der Waals surface area contributed by atoms with Gasteiger partial charge >= 0.3 is 0 Å². The van der Waals surface area contributed by atoms with Gasteiger partial charge in [0.05, 0.1) is 5.69 Å². The van der Waals surface area contributed by atoms with Gasteiger partial charge in [-0.2, -0.15) is 4.98 Å². The minimum Gasteiger partial charge on any atom is -0.321 e. The van der Waals surface area contributed by atoms with Crippen molar-refractivity contribution in [1.82, 2.24) is 24.6 Å². The number of nitrogens with two attached hydrogens (primary N) is 1. The highest BCUT2D eigenvalue weighted by atomic mass is 15.3. The van der Waals surface area contributed by atoms with Gasteiger partial charge in [-0.25, -0.2) is 9.50 Å². The van der Waals surface area contributed by atoms with Crippen LogP contribution in [0.1, 0.15) is 24.8 Å². The van der Waals surface area contributed by atoms with Crippen molar-refractivity contribution >= 4 is 5.78 Å². The fourth-order valence-electron chi connectivity index (χ4n) is 4.28. The molecule has 0 spiro atoms. The molecule has 0 unspecified atom stereocenters. The standard InChI is InChI=1S/C26H22N6/c27-26(14-6-15-26)20-12-10-19(11-13-20)23-21(18-7-2-1-3-8-18)17-32-25(29-23)30-24(31-32)22-9-4-5-16-28-22/h1-5,7-13,16-17H,6,14-15,27H2. The lowest BCUT2D eigenvalue weighted by Gasteiger charge is -2.38. The molecule has 0 aliphatic heterocycles. The Labute approximate surface area is 185 Å². The van der Waals surface area contributed by atoms with E-state index in [1.54, 1.807) is 10.7 Å². The largest absolute Gasteiger partial charge is 0.321 e. The molecule has 0 saturated heterocycles. The van der Waals surface area contributed by atoms with Crippen LogP contribution < -0.4 is 5.73 Å². The van der Waals surface area contributed by atoms with Gasteiger partial charge in [-0.15, -0.1) is 5.10 Å². The third-order valence-corrected chi connectivity index (χ3v) is 6.29. The molecule has 32 heavy (non-hydrogen) atoms. The fourth-order valence-corrected chi connectivity index (χ4v) is 4.28. The van der Waals surface area contributed by atoms with Crippen molar-refractivity contribution in [2.75, 3.05) is 0 Å². The van der Waals surface area contributed by atoms with Gasteiger partial charge in [0.25, 0.3) is 5.78 Å². The van der Waals surface area contributed by atoms with Crippen LogP contribution in [0, 0.1) is 0 Å². The monoisotopic (exact) mass is 418 g/mol. The Morgan fingerprint density at radius 3 is 2.28 bits per heavy atom. The maximum Gasteiger partial charge on any atom is 0.253 e. The summed E-state index contributed by atoms with van der Waals surface area (Å²) in [4.78, 5) is 13.9. The molecule has 6 nitrogen and oxygen atoms in total. The van der Waals surface area contributed by atoms with E-state index in [4.69, 9.17) is 10.7 Å². The van der Waals surface area contributed by atoms with Crippen LogP contribution in [0.25, 0.3) is 39.7 Å². The minimum absolute atomic E-state index is 0.178. The first kappa shape index (κ1) is 18.8. The normalized spacial score (nSPS) is 14.9. The number of aromatic nitrogens is 5. The van der Waals surface area contributed by atoms with E-state index in [1.807, 2.05) is 42.6 Å². The summed E-state index contributed by atoms with van der Waals surface area (Å²) < 4.78 is 1.73. The molecule has 2 N–H and O–H groups in total. The van der Waals surface area contributed by atoms with Crippen LogP contribution in [0.2, 0.25) is 0 Å². The van der Waals surface area contributed by atoms with Crippen molar-refractivity contribution in [2.24, 2.45) is 5.73 Å². The Bertz CT molecular complexity index is 1390. The molecule has 0 radical (unpaired) electrons. The second kappa shape index (κ2) is 7.35. The summed E-state index contributed by atoms with van der Waals surface area (Å²) in [5.74, 6) is 1.10. The summed E-state index contributed by atoms with van der Waals surface area (Å²) in [6.45, 7) is 0. The Morgan fingerprint density at radius 2 is 1.59 bits per heavy atom. The lowest BCUT2D eigenvalue weighted by Crippen LogP contribution is -2.43. The van der Waals surface area contributed by atoms with Gasteiger partial charge in [0.2, 0.25) is 5.82 Å². The number of hydrogen-bond acceptors (Lipinski definition) is 5. The average Bonchev–Trinajstić information content (AvgIpc) is 3.26. The summed E-state index contributed by atoms with van der Waals surface area (Å²) in [6, 6.07) is 24.4. The Balaban J connectivity index is 1.50. The SMILES string of the molecule is NC1(c2ccc(-c3nc4nc(-c5ccccn5)nn4cc3-c3ccccc3)cc2)CCC1. The van der Waals surface area contributed by atoms with Gasteiger partial charge in [-0.1, -0.05) is 60.7 Å². The third-order valence-electron chi connectivity index (χ3n) is 6.29. The van der Waals surface area contributed by atoms with Crippen molar-refractivity contribution in [1.29, 1.82) is 0 Å². The predicted octanol–water partition coefficient (Wildman–Crippen LogP) is 4.86. The van der Waals surface area contributed by atoms with E-state index in [1.165, 1.54) is 12.0 Å². The molecule has 1 fully saturated rings. The van der Waals surface area contributed by atoms with Crippen LogP contribution in [0.5, 0.6) is 0 Å². The number of rotatable bonds is 4. The van der Waals surface area contributed by atoms with Gasteiger partial charge in [0.15, 0.2) is 0 Å². The number of hydrogen-bond donors (Lipinski definition) is 1. The van der Waals surface area contributed by atoms with Crippen LogP contribution in [0.3, 0.4) is 0 Å². The highest BCUT2D eigenvalue weighted by Gasteiger charge is 2.34. The molecule has 6 rings (SSSR count). The summed E-state index contributed by atoms with van der Waals surface area (Å²) in [5.41, 5.74) is 12.2. The van der Waals surface area contributed by atoms with Crippen LogP contribution in [-0.2, 0) is 5.54 Å². The molecule has 2 aromatic carbocycles. The number of pyridine rings is 1. The smallest absolute Gasteiger partial charge is 0.253 e. The van der Waals surface area contributed by atoms with Crippen molar-refractivity contribution in [3.63, 3.8) is 0 Å². The van der Waals surface area contributed by atoms with Gasteiger partial charge in [-0.3, -0.25) is 4.98 Å². The Hall–Kier alpha value is -3.90. The Kier molecular flexibility index (Phi) is 4.33. The molecular weight excluding hydrogens is 396 g/mol. The molecule has 0 atom stereocenters. The third kappa shape index (κ3) is 3.16. The van der Waals surface area contributed by atoms with E-state index < -0.39 is 0 Å². The van der Waals surface area contributed by atoms with E-state index in [0.717, 1.165) is 40.9 Å². The van der Waals surface area contributed by atoms with Crippen LogP contribution >= 0.6 is 0 Å². The molecule has 0 amide bonds. The molecule has 3 heterocycles. The zero-order chi connectivity index (χ0) is 21.5. The van der Waals surface area contributed by atoms with Crippen LogP contribution in [0.15, 0.2) is 85.2 Å². The zero-order valence-corrected chi connectivity index (χ0v) is 17.5. The first-order valence-electron chi connectivity index (χ1n) is 10.8. The molecule has 6 heteroatoms. The van der Waals surface area contributed by atoms with Crippen molar-refractivity contribution in [2.45, 2.75) is 24.8 Å². The van der Waals surface area contributed by atoms with Crippen LogP contribution in [0.4, 0.5) is 0 Å². The molecule has 3 aromatic heterocycles. The summed E-state index contributed by atoms with van der Waals surface area (Å²) in [7, 11) is 0. The maximum atomic E-state index is 6.52. The molecule has 1 aliphatic carbocycles. The quantitative estimate of drug-likeness (QED) is 0.451. The first-order valence-corrected chi connectivity index (χ1v) is 10.8. The highest BCUT2D eigenvalue weighted by Crippen LogP contribution is 2.39. The number of nitrogens with zero attached hydrogens (tertiary/aromatic N) is 5. The van der Waals surface area contributed by atoms with E-state index in [-0.39, 0.29) is 5.54 Å². The lowest BCUT2D eigenvalue weighted by molar-refractivity contribution is 0.253. The van der Waals surface area contributed by atoms with Crippen molar-refractivity contribution in [3.05, 3.63) is 90.8 Å². The van der Waals surface area contributed by atoms with E-state index in [2.05, 4.69) is 51.5 Å². The summed E-state index contributed by atoms with van der Waals surface area (Å²) in [6.07, 6.45) is 7.02. The second-order valence-corrected chi connectivity index (χ2v) is 8.35. The summed E-state index contributed by atoms with van der Waals surface area (Å²) >= 11 is 0. The molecule has 156 valence electrons. The fraction of sp³-hybridized carbons (Fsp3) is 0.154. The molecule has 0 bridgehead atoms. The van der Waals surface area contributed by atoms with Gasteiger partial charge < -0.3 is 5.73 Å². The minimum atomic E-state index is -0.178. The van der Waals surface area contributed by atoms with Gasteiger partial charge in [0, 0.05) is 29.1 Å². The first-order chi connectivity index (χ1) is 15.7. The van der Waals surface area contributed by atoms with Gasteiger partial charge in [0.1, 0.15) is 5.69 Å². The Morgan fingerprint density at radius 1 is 0.812 bits per heavy atom. The molecule has 1 saturated carbocycles. The molecule has 1 aliphatic rings. The lowest BCUT2D eigenvalue weighted by atomic mass is 9.72. The van der Waals surface area contributed by atoms with Crippen molar-refractivity contribution in [3.8, 4) is 33.9 Å². The number of benzene rings is 2. The van der Waals surface area contributed by atoms with E-state index in [0.29, 0.717) is 11.6 Å². The molecular formula is C26H22N6. The average molecular weight is 419 g/mol. The van der Waals surface area contributed by atoms with E-state index in [9.17, 15) is 0 Å². The molecule has 5 aromatic rings. The maximum absolute atomic E-state index is 6.52. The highest BCUT2D eigenvalue weighted by molar-refractivity contribution is 5.81.